The lowest BCUT2D eigenvalue weighted by Crippen LogP contribution is -2.07. The number of nitrogen functional groups attached to an aromatic ring is 2. The van der Waals surface area contributed by atoms with E-state index in [-0.39, 0.29) is 11.3 Å². The Kier molecular flexibility index (Phi) is 2.67. The van der Waals surface area contributed by atoms with Crippen LogP contribution in [0, 0.1) is 0 Å². The van der Waals surface area contributed by atoms with Crippen LogP contribution in [0.25, 0.3) is 0 Å². The van der Waals surface area contributed by atoms with E-state index >= 15 is 0 Å². The number of benzene rings is 1. The minimum atomic E-state index is -1.05. The molecule has 5 N–H and O–H groups in total. The van der Waals surface area contributed by atoms with Crippen molar-refractivity contribution in [2.24, 2.45) is 0 Å². The fourth-order valence-electron chi connectivity index (χ4n) is 1.01. The average molecular weight is 198 g/mol. The molecule has 70 valence electrons. The summed E-state index contributed by atoms with van der Waals surface area (Å²) in [6.07, 6.45) is 1.79. The van der Waals surface area contributed by atoms with Crippen LogP contribution in [0.4, 0.5) is 11.4 Å². The number of rotatable bonds is 2. The number of thioether (sulfide) groups is 1. The zero-order chi connectivity index (χ0) is 10.0. The van der Waals surface area contributed by atoms with Crippen molar-refractivity contribution < 1.29 is 9.90 Å². The van der Waals surface area contributed by atoms with E-state index in [2.05, 4.69) is 0 Å². The molecule has 0 aliphatic heterocycles. The minimum Gasteiger partial charge on any atom is -0.478 e. The molecule has 0 heterocycles. The van der Waals surface area contributed by atoms with Gasteiger partial charge in [-0.15, -0.1) is 11.8 Å². The summed E-state index contributed by atoms with van der Waals surface area (Å²) >= 11 is 1.33. The molecule has 0 unspecified atom stereocenters. The topological polar surface area (TPSA) is 89.3 Å². The Morgan fingerprint density at radius 3 is 2.54 bits per heavy atom. The number of carboxylic acid groups (broad SMARTS) is 1. The molecule has 1 aromatic rings. The van der Waals surface area contributed by atoms with Gasteiger partial charge in [-0.3, -0.25) is 0 Å². The van der Waals surface area contributed by atoms with E-state index in [1.807, 2.05) is 0 Å². The summed E-state index contributed by atoms with van der Waals surface area (Å²) in [6.45, 7) is 0. The van der Waals surface area contributed by atoms with Gasteiger partial charge in [0.05, 0.1) is 16.9 Å². The van der Waals surface area contributed by atoms with Gasteiger partial charge in [0, 0.05) is 4.90 Å². The first-order valence-corrected chi connectivity index (χ1v) is 4.75. The molecule has 1 rings (SSSR count). The van der Waals surface area contributed by atoms with E-state index < -0.39 is 5.97 Å². The lowest BCUT2D eigenvalue weighted by atomic mass is 10.1. The highest BCUT2D eigenvalue weighted by atomic mass is 32.2. The quantitative estimate of drug-likeness (QED) is 0.492. The predicted octanol–water partition coefficient (Wildman–Crippen LogP) is 1.27. The maximum absolute atomic E-state index is 10.8. The van der Waals surface area contributed by atoms with Gasteiger partial charge in [0.1, 0.15) is 0 Å². The maximum Gasteiger partial charge on any atom is 0.339 e. The number of carbonyl (C=O) groups is 1. The van der Waals surface area contributed by atoms with Crippen molar-refractivity contribution >= 4 is 29.1 Å². The Morgan fingerprint density at radius 1 is 1.46 bits per heavy atom. The van der Waals surface area contributed by atoms with Gasteiger partial charge in [0.25, 0.3) is 0 Å². The zero-order valence-electron chi connectivity index (χ0n) is 7.07. The van der Waals surface area contributed by atoms with Gasteiger partial charge in [-0.25, -0.2) is 4.79 Å². The highest BCUT2D eigenvalue weighted by molar-refractivity contribution is 7.98. The highest BCUT2D eigenvalue weighted by Gasteiger charge is 2.15. The average Bonchev–Trinajstić information content (AvgIpc) is 2.08. The Hall–Kier alpha value is -1.36. The second kappa shape index (κ2) is 3.57. The molecule has 0 amide bonds. The van der Waals surface area contributed by atoms with Gasteiger partial charge >= 0.3 is 5.97 Å². The molecular weight excluding hydrogens is 188 g/mol. The summed E-state index contributed by atoms with van der Waals surface area (Å²) in [5.74, 6) is -1.05. The normalized spacial score (nSPS) is 9.92. The Balaban J connectivity index is 3.41. The van der Waals surface area contributed by atoms with Crippen LogP contribution in [0.3, 0.4) is 0 Å². The first-order chi connectivity index (χ1) is 6.07. The van der Waals surface area contributed by atoms with Crippen LogP contribution in [-0.2, 0) is 0 Å². The van der Waals surface area contributed by atoms with Crippen molar-refractivity contribution in [2.45, 2.75) is 4.90 Å². The summed E-state index contributed by atoms with van der Waals surface area (Å²) in [5, 5.41) is 8.85. The molecule has 0 aromatic heterocycles. The molecule has 5 heteroatoms. The van der Waals surface area contributed by atoms with Crippen LogP contribution in [-0.4, -0.2) is 17.3 Å². The van der Waals surface area contributed by atoms with E-state index in [4.69, 9.17) is 16.6 Å². The molecule has 13 heavy (non-hydrogen) atoms. The van der Waals surface area contributed by atoms with E-state index in [0.717, 1.165) is 0 Å². The van der Waals surface area contributed by atoms with Crippen molar-refractivity contribution in [3.8, 4) is 0 Å². The SMILES string of the molecule is CSc1ccc(N)c(N)c1C(=O)O. The second-order valence-corrected chi connectivity index (χ2v) is 3.30. The highest BCUT2D eigenvalue weighted by Crippen LogP contribution is 2.29. The molecule has 0 aliphatic carbocycles. The molecular formula is C8H10N2O2S. The Labute approximate surface area is 79.9 Å². The second-order valence-electron chi connectivity index (χ2n) is 2.45. The number of anilines is 2. The fraction of sp³-hybridized carbons (Fsp3) is 0.125. The minimum absolute atomic E-state index is 0.0903. The molecule has 0 saturated carbocycles. The van der Waals surface area contributed by atoms with Crippen molar-refractivity contribution in [3.63, 3.8) is 0 Å². The van der Waals surface area contributed by atoms with Gasteiger partial charge in [-0.2, -0.15) is 0 Å². The van der Waals surface area contributed by atoms with Gasteiger partial charge in [-0.1, -0.05) is 0 Å². The zero-order valence-corrected chi connectivity index (χ0v) is 7.89. The molecule has 4 nitrogen and oxygen atoms in total. The summed E-state index contributed by atoms with van der Waals surface area (Å²) in [5.41, 5.74) is 11.6. The number of carboxylic acids is 1. The van der Waals surface area contributed by atoms with Gasteiger partial charge < -0.3 is 16.6 Å². The third kappa shape index (κ3) is 1.70. The first-order valence-electron chi connectivity index (χ1n) is 3.53. The molecule has 0 saturated heterocycles. The number of aromatic carboxylic acids is 1. The molecule has 1 aromatic carbocycles. The summed E-state index contributed by atoms with van der Waals surface area (Å²) in [4.78, 5) is 11.4. The van der Waals surface area contributed by atoms with E-state index in [1.54, 1.807) is 18.4 Å². The van der Waals surface area contributed by atoms with E-state index in [0.29, 0.717) is 10.6 Å². The van der Waals surface area contributed by atoms with Crippen LogP contribution in [0.5, 0.6) is 0 Å². The maximum atomic E-state index is 10.8. The van der Waals surface area contributed by atoms with Crippen LogP contribution < -0.4 is 11.5 Å². The van der Waals surface area contributed by atoms with Crippen LogP contribution in [0.1, 0.15) is 10.4 Å². The van der Waals surface area contributed by atoms with Gasteiger partial charge in [0.15, 0.2) is 0 Å². The molecule has 0 radical (unpaired) electrons. The van der Waals surface area contributed by atoms with Gasteiger partial charge in [0.2, 0.25) is 0 Å². The summed E-state index contributed by atoms with van der Waals surface area (Å²) in [6, 6.07) is 3.26. The third-order valence-corrected chi connectivity index (χ3v) is 2.45. The molecule has 0 aliphatic rings. The van der Waals surface area contributed by atoms with Crippen molar-refractivity contribution in [1.82, 2.24) is 0 Å². The Morgan fingerprint density at radius 2 is 2.08 bits per heavy atom. The third-order valence-electron chi connectivity index (χ3n) is 1.67. The summed E-state index contributed by atoms with van der Waals surface area (Å²) < 4.78 is 0. The lowest BCUT2D eigenvalue weighted by molar-refractivity contribution is 0.0694. The van der Waals surface area contributed by atoms with Gasteiger partial charge in [-0.05, 0) is 18.4 Å². The number of nitrogens with two attached hydrogens (primary N) is 2. The van der Waals surface area contributed by atoms with E-state index in [1.165, 1.54) is 11.8 Å². The van der Waals surface area contributed by atoms with Crippen LogP contribution >= 0.6 is 11.8 Å². The Bertz CT molecular complexity index is 352. The van der Waals surface area contributed by atoms with Crippen molar-refractivity contribution in [2.75, 3.05) is 17.7 Å². The molecule has 0 atom stereocenters. The number of hydrogen-bond donors (Lipinski definition) is 3. The standard InChI is InChI=1S/C8H10N2O2S/c1-13-5-3-2-4(9)7(10)6(5)8(11)12/h2-3H,9-10H2,1H3,(H,11,12). The lowest BCUT2D eigenvalue weighted by Gasteiger charge is -2.08. The molecule has 0 bridgehead atoms. The molecule has 0 fully saturated rings. The van der Waals surface area contributed by atoms with E-state index in [9.17, 15) is 4.79 Å². The first kappa shape index (κ1) is 9.73. The van der Waals surface area contributed by atoms with Crippen molar-refractivity contribution in [3.05, 3.63) is 17.7 Å². The van der Waals surface area contributed by atoms with Crippen molar-refractivity contribution in [1.29, 1.82) is 0 Å². The van der Waals surface area contributed by atoms with Crippen LogP contribution in [0.2, 0.25) is 0 Å². The monoisotopic (exact) mass is 198 g/mol. The van der Waals surface area contributed by atoms with Crippen LogP contribution in [0.15, 0.2) is 17.0 Å². The molecule has 0 spiro atoms. The largest absolute Gasteiger partial charge is 0.478 e. The summed E-state index contributed by atoms with van der Waals surface area (Å²) in [7, 11) is 0. The predicted molar refractivity (Wildman–Crippen MR) is 54.0 cm³/mol. The number of hydrogen-bond acceptors (Lipinski definition) is 4. The smallest absolute Gasteiger partial charge is 0.339 e. The fourth-order valence-corrected chi connectivity index (χ4v) is 1.61.